The molecule has 4 aromatic rings. The predicted octanol–water partition coefficient (Wildman–Crippen LogP) is 6.66. The highest BCUT2D eigenvalue weighted by atomic mass is 32.1. The lowest BCUT2D eigenvalue weighted by Gasteiger charge is -2.35. The van der Waals surface area contributed by atoms with Gasteiger partial charge in [-0.15, -0.1) is 11.3 Å². The number of hydrogen-bond acceptors (Lipinski definition) is 12. The number of aliphatic hydroxyl groups is 1. The van der Waals surface area contributed by atoms with Crippen LogP contribution in [0.1, 0.15) is 134 Å². The molecule has 0 aliphatic carbocycles. The molecule has 7 atom stereocenters. The number of primary amides is 1. The third-order valence-corrected chi connectivity index (χ3v) is 15.3. The first-order valence-electron chi connectivity index (χ1n) is 26.9. The zero-order valence-electron chi connectivity index (χ0n) is 45.9. The average molecular weight is 1100 g/mol. The number of nitrogens with zero attached hydrogens (tertiary/aromatic N) is 3. The van der Waals surface area contributed by atoms with E-state index in [9.17, 15) is 38.7 Å². The van der Waals surface area contributed by atoms with Crippen molar-refractivity contribution in [2.24, 2.45) is 11.1 Å². The van der Waals surface area contributed by atoms with Crippen LogP contribution in [-0.4, -0.2) is 112 Å². The molecule has 18 nitrogen and oxygen atoms in total. The number of hydrogen-bond donors (Lipinski definition) is 6. The summed E-state index contributed by atoms with van der Waals surface area (Å²) in [6.07, 6.45) is 1.78. The Labute approximate surface area is 459 Å². The average Bonchev–Trinajstić information content (AvgIpc) is 4.28. The number of carbonyl (C=O) groups excluding carboxylic acids is 7. The summed E-state index contributed by atoms with van der Waals surface area (Å²) in [4.78, 5) is 103. The first-order valence-corrected chi connectivity index (χ1v) is 27.8. The standard InChI is InChI=1S/C58H75FN8O10S/c1-33(36-18-20-38(21-19-36)50-34(2)61-32-78-50)62-52(71)44-29-41(68)30-66(44)55(74)51(57(3,4)5)65-48(70)16-11-9-10-13-35-17-24-42(59)46(27-35)76-31-40(23-26-47(60)69)63-53(72)45-28-39-15-12-14-37-22-25-43(54(73)67(45)49(37)39)64-56(75)77-58(6,7)8/h12,14-15,17-21,24,27,32-33,40-41,43-45,51,68H,9-11,13,16,22-23,25-26,28-31H2,1-8H3,(H2,60,69)(H,62,71)(H,63,72)(H,64,75)(H,65,70)/t33-,40-,41+,43-,44-,45-,51+/m0/s1. The molecule has 1 aromatic heterocycles. The lowest BCUT2D eigenvalue weighted by atomic mass is 9.85. The number of anilines is 1. The van der Waals surface area contributed by atoms with Crippen LogP contribution in [0.2, 0.25) is 0 Å². The minimum atomic E-state index is -0.985. The number of aryl methyl sites for hydroxylation is 3. The number of aliphatic hydroxyl groups excluding tert-OH is 1. The van der Waals surface area contributed by atoms with E-state index in [-0.39, 0.29) is 63.0 Å². The largest absolute Gasteiger partial charge is 0.488 e. The summed E-state index contributed by atoms with van der Waals surface area (Å²) < 4.78 is 26.7. The van der Waals surface area contributed by atoms with Crippen LogP contribution >= 0.6 is 11.3 Å². The van der Waals surface area contributed by atoms with E-state index in [1.165, 1.54) is 15.9 Å². The van der Waals surface area contributed by atoms with E-state index in [1.54, 1.807) is 49.8 Å². The Morgan fingerprint density at radius 1 is 0.910 bits per heavy atom. The summed E-state index contributed by atoms with van der Waals surface area (Å²) in [5.74, 6) is -3.45. The lowest BCUT2D eigenvalue weighted by Crippen LogP contribution is -2.57. The van der Waals surface area contributed by atoms with Gasteiger partial charge in [0.15, 0.2) is 11.6 Å². The fourth-order valence-electron chi connectivity index (χ4n) is 10.3. The molecule has 78 heavy (non-hydrogen) atoms. The van der Waals surface area contributed by atoms with Crippen LogP contribution in [0.25, 0.3) is 10.4 Å². The van der Waals surface area contributed by atoms with Gasteiger partial charge in [0, 0.05) is 32.2 Å². The molecule has 3 aliphatic rings. The van der Waals surface area contributed by atoms with E-state index in [0.29, 0.717) is 44.2 Å². The van der Waals surface area contributed by atoms with Gasteiger partial charge in [0.05, 0.1) is 40.0 Å². The summed E-state index contributed by atoms with van der Waals surface area (Å²) in [6, 6.07) is 13.0. The fourth-order valence-corrected chi connectivity index (χ4v) is 11.1. The van der Waals surface area contributed by atoms with Crippen molar-refractivity contribution in [2.45, 2.75) is 174 Å². The number of rotatable bonds is 21. The van der Waals surface area contributed by atoms with E-state index < -0.39 is 88.8 Å². The quantitative estimate of drug-likeness (QED) is 0.0482. The molecule has 7 amide bonds. The third-order valence-electron chi connectivity index (χ3n) is 14.4. The van der Waals surface area contributed by atoms with Gasteiger partial charge in [0.25, 0.3) is 0 Å². The van der Waals surface area contributed by atoms with Gasteiger partial charge in [0.2, 0.25) is 35.4 Å². The number of amides is 7. The lowest BCUT2D eigenvalue weighted by molar-refractivity contribution is -0.144. The maximum absolute atomic E-state index is 15.3. The molecule has 420 valence electrons. The zero-order valence-corrected chi connectivity index (χ0v) is 46.7. The molecule has 0 radical (unpaired) electrons. The summed E-state index contributed by atoms with van der Waals surface area (Å²) in [5, 5.41) is 22.3. The third kappa shape index (κ3) is 15.0. The number of unbranched alkanes of at least 4 members (excludes halogenated alkanes) is 2. The van der Waals surface area contributed by atoms with Crippen LogP contribution in [0.15, 0.2) is 66.2 Å². The Morgan fingerprint density at radius 3 is 2.31 bits per heavy atom. The maximum Gasteiger partial charge on any atom is 0.408 e. The van der Waals surface area contributed by atoms with Crippen molar-refractivity contribution in [3.05, 3.63) is 99.9 Å². The summed E-state index contributed by atoms with van der Waals surface area (Å²) >= 11 is 1.56. The highest BCUT2D eigenvalue weighted by Gasteiger charge is 2.46. The van der Waals surface area contributed by atoms with Crippen LogP contribution in [0.3, 0.4) is 0 Å². The number of nitrogens with one attached hydrogen (secondary N) is 4. The minimum absolute atomic E-state index is 0.0442. The minimum Gasteiger partial charge on any atom is -0.488 e. The van der Waals surface area contributed by atoms with Crippen molar-refractivity contribution in [1.82, 2.24) is 31.2 Å². The second kappa shape index (κ2) is 25.2. The number of β-amino-alcohol motifs (C(OH)–C–C–N with tert-alkyl or cyclic N) is 1. The van der Waals surface area contributed by atoms with E-state index >= 15 is 4.39 Å². The van der Waals surface area contributed by atoms with Gasteiger partial charge in [-0.05, 0) is 119 Å². The van der Waals surface area contributed by atoms with Gasteiger partial charge in [-0.25, -0.2) is 14.2 Å². The van der Waals surface area contributed by atoms with Crippen LogP contribution in [0, 0.1) is 18.2 Å². The van der Waals surface area contributed by atoms with E-state index in [2.05, 4.69) is 26.3 Å². The maximum atomic E-state index is 15.3. The molecule has 0 unspecified atom stereocenters. The number of para-hydroxylation sites is 1. The molecule has 7 N–H and O–H groups in total. The van der Waals surface area contributed by atoms with Crippen molar-refractivity contribution in [3.8, 4) is 16.2 Å². The van der Waals surface area contributed by atoms with Crippen molar-refractivity contribution in [3.63, 3.8) is 0 Å². The van der Waals surface area contributed by atoms with Crippen LogP contribution in [0.4, 0.5) is 14.9 Å². The SMILES string of the molecule is Cc1ncsc1-c1ccc([C@H](C)NC(=O)[C@@H]2C[C@@H](O)CN2C(=O)[C@@H](NC(=O)CCCCCc2ccc(F)c(OC[C@H](CCC(N)=O)NC(=O)[C@@H]3Cc4cccc5c4N3C(=O)[C@@H](NC(=O)OC(C)(C)C)CC5)c2)C(C)(C)C)cc1. The molecule has 0 bridgehead atoms. The summed E-state index contributed by atoms with van der Waals surface area (Å²) in [6.45, 7) is 14.2. The van der Waals surface area contributed by atoms with E-state index in [1.807, 2.05) is 77.1 Å². The number of carbonyl (C=O) groups is 7. The van der Waals surface area contributed by atoms with Gasteiger partial charge < -0.3 is 46.5 Å². The number of halogens is 1. The molecule has 20 heteroatoms. The molecular weight excluding hydrogens is 1020 g/mol. The van der Waals surface area contributed by atoms with Crippen molar-refractivity contribution in [2.75, 3.05) is 18.1 Å². The smallest absolute Gasteiger partial charge is 0.408 e. The number of aromatic nitrogens is 1. The van der Waals surface area contributed by atoms with Crippen molar-refractivity contribution in [1.29, 1.82) is 0 Å². The Morgan fingerprint density at radius 2 is 1.63 bits per heavy atom. The normalized spacial score (nSPS) is 19.2. The van der Waals surface area contributed by atoms with Gasteiger partial charge >= 0.3 is 6.09 Å². The summed E-state index contributed by atoms with van der Waals surface area (Å²) in [5.41, 5.74) is 11.7. The second-order valence-electron chi connectivity index (χ2n) is 22.8. The Balaban J connectivity index is 0.900. The van der Waals surface area contributed by atoms with Gasteiger partial charge in [-0.1, -0.05) is 75.7 Å². The van der Waals surface area contributed by atoms with Crippen LogP contribution in [0.5, 0.6) is 5.75 Å². The molecule has 7 rings (SSSR count). The van der Waals surface area contributed by atoms with Crippen molar-refractivity contribution >= 4 is 58.6 Å². The van der Waals surface area contributed by atoms with Crippen LogP contribution < -0.4 is 36.6 Å². The molecule has 1 fully saturated rings. The number of nitrogens with two attached hydrogens (primary N) is 1. The Kier molecular flexibility index (Phi) is 19.0. The van der Waals surface area contributed by atoms with Gasteiger partial charge in [-0.2, -0.15) is 0 Å². The Hall–Kier alpha value is -6.93. The fraction of sp³-hybridized carbons (Fsp3) is 0.517. The number of alkyl carbamates (subject to hydrolysis) is 1. The number of thiazole rings is 1. The number of ether oxygens (including phenoxy) is 2. The second-order valence-corrected chi connectivity index (χ2v) is 23.7. The predicted molar refractivity (Wildman–Crippen MR) is 294 cm³/mol. The first-order chi connectivity index (χ1) is 36.9. The molecule has 4 heterocycles. The summed E-state index contributed by atoms with van der Waals surface area (Å²) in [7, 11) is 0. The van der Waals surface area contributed by atoms with Crippen molar-refractivity contribution < 1.29 is 52.5 Å². The highest BCUT2D eigenvalue weighted by Crippen LogP contribution is 2.39. The Bertz CT molecular complexity index is 2850. The molecule has 1 saturated heterocycles. The molecule has 0 spiro atoms. The first kappa shape index (κ1) is 58.7. The van der Waals surface area contributed by atoms with E-state index in [0.717, 1.165) is 38.4 Å². The zero-order chi connectivity index (χ0) is 56.6. The molecular formula is C58H75FN8O10S. The number of likely N-dealkylation sites (tertiary alicyclic amines) is 1. The topological polar surface area (TPSA) is 252 Å². The molecule has 3 aromatic carbocycles. The van der Waals surface area contributed by atoms with E-state index in [4.69, 9.17) is 15.2 Å². The number of benzene rings is 3. The molecule has 0 saturated carbocycles. The molecule has 3 aliphatic heterocycles. The highest BCUT2D eigenvalue weighted by molar-refractivity contribution is 7.13. The van der Waals surface area contributed by atoms with Gasteiger partial charge in [0.1, 0.15) is 36.4 Å². The monoisotopic (exact) mass is 1090 g/mol. The van der Waals surface area contributed by atoms with Crippen LogP contribution in [-0.2, 0) is 52.8 Å². The van der Waals surface area contributed by atoms with Gasteiger partial charge in [-0.3, -0.25) is 33.7 Å².